The third-order valence-electron chi connectivity index (χ3n) is 2.79. The van der Waals surface area contributed by atoms with E-state index < -0.39 is 0 Å². The van der Waals surface area contributed by atoms with E-state index >= 15 is 0 Å². The second-order valence-corrected chi connectivity index (χ2v) is 4.06. The van der Waals surface area contributed by atoms with Crippen LogP contribution < -0.4 is 11.3 Å². The molecule has 0 bridgehead atoms. The van der Waals surface area contributed by atoms with Gasteiger partial charge in [0, 0.05) is 13.5 Å². The van der Waals surface area contributed by atoms with Crippen molar-refractivity contribution in [3.63, 3.8) is 0 Å². The molecule has 2 rings (SSSR count). The smallest absolute Gasteiger partial charge is 0.273 e. The van der Waals surface area contributed by atoms with E-state index in [0.29, 0.717) is 17.9 Å². The van der Waals surface area contributed by atoms with Crippen LogP contribution in [-0.2, 0) is 13.5 Å². The highest BCUT2D eigenvalue weighted by molar-refractivity contribution is 5.39. The van der Waals surface area contributed by atoms with Crippen molar-refractivity contribution in [2.24, 2.45) is 7.05 Å². The summed E-state index contributed by atoms with van der Waals surface area (Å²) in [6.07, 6.45) is 0.641. The number of anilines is 1. The number of aryl methyl sites for hydroxylation is 1. The molecule has 0 amide bonds. The molecule has 88 valence electrons. The monoisotopic (exact) mass is 229 g/mol. The Morgan fingerprint density at radius 1 is 1.29 bits per heavy atom. The van der Waals surface area contributed by atoms with Crippen molar-refractivity contribution < 1.29 is 0 Å². The molecular weight excluding hydrogens is 214 g/mol. The Hall–Kier alpha value is -2.10. The summed E-state index contributed by atoms with van der Waals surface area (Å²) in [6, 6.07) is 9.94. The van der Waals surface area contributed by atoms with Crippen molar-refractivity contribution in [1.29, 1.82) is 0 Å². The molecule has 1 aromatic heterocycles. The third-order valence-corrected chi connectivity index (χ3v) is 2.79. The van der Waals surface area contributed by atoms with Crippen molar-refractivity contribution in [2.75, 3.05) is 5.73 Å². The lowest BCUT2D eigenvalue weighted by atomic mass is 10.1. The van der Waals surface area contributed by atoms with Gasteiger partial charge in [0.05, 0.1) is 5.69 Å². The maximum atomic E-state index is 11.6. The fourth-order valence-corrected chi connectivity index (χ4v) is 1.77. The molecule has 0 radical (unpaired) electrons. The molecule has 4 heteroatoms. The number of rotatable bonds is 2. The molecule has 0 saturated carbocycles. The van der Waals surface area contributed by atoms with Gasteiger partial charge in [-0.15, -0.1) is 0 Å². The number of hydrogen-bond acceptors (Lipinski definition) is 3. The van der Waals surface area contributed by atoms with Gasteiger partial charge in [0.1, 0.15) is 11.5 Å². The maximum Gasteiger partial charge on any atom is 0.273 e. The average molecular weight is 229 g/mol. The Morgan fingerprint density at radius 3 is 2.59 bits per heavy atom. The van der Waals surface area contributed by atoms with E-state index in [4.69, 9.17) is 5.73 Å². The summed E-state index contributed by atoms with van der Waals surface area (Å²) in [5.74, 6) is 0.435. The van der Waals surface area contributed by atoms with Crippen LogP contribution in [0.2, 0.25) is 0 Å². The number of nitrogens with zero attached hydrogens (tertiary/aromatic N) is 2. The molecule has 0 aliphatic rings. The summed E-state index contributed by atoms with van der Waals surface area (Å²) in [4.78, 5) is 15.9. The zero-order chi connectivity index (χ0) is 12.4. The van der Waals surface area contributed by atoms with E-state index in [2.05, 4.69) is 4.98 Å². The highest BCUT2D eigenvalue weighted by Crippen LogP contribution is 2.12. The van der Waals surface area contributed by atoms with Gasteiger partial charge in [-0.2, -0.15) is 0 Å². The van der Waals surface area contributed by atoms with E-state index in [1.54, 1.807) is 14.0 Å². The minimum absolute atomic E-state index is 0.140. The van der Waals surface area contributed by atoms with Crippen LogP contribution in [0.25, 0.3) is 0 Å². The van der Waals surface area contributed by atoms with Crippen LogP contribution >= 0.6 is 0 Å². The molecule has 2 N–H and O–H groups in total. The molecule has 0 spiro atoms. The van der Waals surface area contributed by atoms with Gasteiger partial charge in [-0.3, -0.25) is 9.36 Å². The summed E-state index contributed by atoms with van der Waals surface area (Å²) >= 11 is 0. The molecule has 2 aromatic rings. The second-order valence-electron chi connectivity index (χ2n) is 4.06. The number of nitrogen functional groups attached to an aromatic ring is 1. The Balaban J connectivity index is 2.44. The molecular formula is C13H15N3O. The summed E-state index contributed by atoms with van der Waals surface area (Å²) in [6.45, 7) is 1.70. The van der Waals surface area contributed by atoms with Crippen LogP contribution in [0.3, 0.4) is 0 Å². The Kier molecular flexibility index (Phi) is 2.95. The van der Waals surface area contributed by atoms with E-state index in [0.717, 1.165) is 11.3 Å². The molecule has 0 aliphatic carbocycles. The van der Waals surface area contributed by atoms with Crippen LogP contribution in [0, 0.1) is 6.92 Å². The molecule has 0 saturated heterocycles. The zero-order valence-corrected chi connectivity index (χ0v) is 9.97. The van der Waals surface area contributed by atoms with Crippen molar-refractivity contribution in [3.05, 3.63) is 57.6 Å². The number of nitrogens with two attached hydrogens (primary N) is 1. The van der Waals surface area contributed by atoms with Gasteiger partial charge < -0.3 is 5.73 Å². The fourth-order valence-electron chi connectivity index (χ4n) is 1.77. The van der Waals surface area contributed by atoms with Crippen molar-refractivity contribution in [2.45, 2.75) is 13.3 Å². The minimum atomic E-state index is -0.140. The van der Waals surface area contributed by atoms with Gasteiger partial charge >= 0.3 is 0 Å². The normalized spacial score (nSPS) is 10.5. The van der Waals surface area contributed by atoms with Gasteiger partial charge in [-0.1, -0.05) is 30.3 Å². The second kappa shape index (κ2) is 4.41. The van der Waals surface area contributed by atoms with Crippen LogP contribution in [-0.4, -0.2) is 9.55 Å². The zero-order valence-electron chi connectivity index (χ0n) is 9.97. The molecule has 0 fully saturated rings. The van der Waals surface area contributed by atoms with Crippen molar-refractivity contribution >= 4 is 5.82 Å². The molecule has 0 atom stereocenters. The minimum Gasteiger partial charge on any atom is -0.383 e. The van der Waals surface area contributed by atoms with E-state index in [9.17, 15) is 4.79 Å². The SMILES string of the molecule is Cc1nc(Cc2ccccc2)c(N)n(C)c1=O. The summed E-state index contributed by atoms with van der Waals surface area (Å²) in [7, 11) is 1.67. The molecule has 0 unspecified atom stereocenters. The lowest BCUT2D eigenvalue weighted by molar-refractivity contribution is 0.812. The first-order valence-corrected chi connectivity index (χ1v) is 5.45. The van der Waals surface area contributed by atoms with Gasteiger partial charge in [-0.25, -0.2) is 4.98 Å². The molecule has 1 aromatic carbocycles. The quantitative estimate of drug-likeness (QED) is 0.843. The lowest BCUT2D eigenvalue weighted by Gasteiger charge is -2.10. The third kappa shape index (κ3) is 2.20. The molecule has 0 aliphatic heterocycles. The first-order valence-electron chi connectivity index (χ1n) is 5.45. The Bertz CT molecular complexity index is 588. The Labute approximate surface area is 99.7 Å². The predicted molar refractivity (Wildman–Crippen MR) is 67.9 cm³/mol. The number of benzene rings is 1. The Morgan fingerprint density at radius 2 is 1.94 bits per heavy atom. The van der Waals surface area contributed by atoms with Crippen LogP contribution in [0.4, 0.5) is 5.82 Å². The highest BCUT2D eigenvalue weighted by Gasteiger charge is 2.09. The standard InChI is InChI=1S/C13H15N3O/c1-9-13(17)16(2)12(14)11(15-9)8-10-6-4-3-5-7-10/h3-7H,8,14H2,1-2H3. The number of aromatic nitrogens is 2. The topological polar surface area (TPSA) is 60.9 Å². The lowest BCUT2D eigenvalue weighted by Crippen LogP contribution is -2.25. The molecule has 17 heavy (non-hydrogen) atoms. The molecule has 4 nitrogen and oxygen atoms in total. The van der Waals surface area contributed by atoms with Gasteiger partial charge in [0.25, 0.3) is 5.56 Å². The maximum absolute atomic E-state index is 11.6. The first-order chi connectivity index (χ1) is 8.09. The number of hydrogen-bond donors (Lipinski definition) is 1. The van der Waals surface area contributed by atoms with Gasteiger partial charge in [-0.05, 0) is 12.5 Å². The summed E-state index contributed by atoms with van der Waals surface area (Å²) in [5, 5.41) is 0. The largest absolute Gasteiger partial charge is 0.383 e. The molecule has 1 heterocycles. The van der Waals surface area contributed by atoms with E-state index in [1.807, 2.05) is 30.3 Å². The van der Waals surface area contributed by atoms with E-state index in [-0.39, 0.29) is 5.56 Å². The fraction of sp³-hybridized carbons (Fsp3) is 0.231. The van der Waals surface area contributed by atoms with Gasteiger partial charge in [0.15, 0.2) is 0 Å². The summed E-state index contributed by atoms with van der Waals surface area (Å²) in [5.41, 5.74) is 8.12. The van der Waals surface area contributed by atoms with Crippen LogP contribution in [0.1, 0.15) is 17.0 Å². The van der Waals surface area contributed by atoms with Crippen molar-refractivity contribution in [3.8, 4) is 0 Å². The summed E-state index contributed by atoms with van der Waals surface area (Å²) < 4.78 is 1.45. The van der Waals surface area contributed by atoms with E-state index in [1.165, 1.54) is 4.57 Å². The first kappa shape index (κ1) is 11.4. The average Bonchev–Trinajstić information content (AvgIpc) is 2.35. The van der Waals surface area contributed by atoms with Crippen molar-refractivity contribution in [1.82, 2.24) is 9.55 Å². The predicted octanol–water partition coefficient (Wildman–Crippen LogP) is 1.26. The van der Waals surface area contributed by atoms with Crippen LogP contribution in [0.15, 0.2) is 35.1 Å². The van der Waals surface area contributed by atoms with Gasteiger partial charge in [0.2, 0.25) is 0 Å². The van der Waals surface area contributed by atoms with Crippen LogP contribution in [0.5, 0.6) is 0 Å². The highest BCUT2D eigenvalue weighted by atomic mass is 16.1.